The van der Waals surface area contributed by atoms with Gasteiger partial charge in [-0.2, -0.15) is 0 Å². The minimum Gasteiger partial charge on any atom is -0.137 e. The molecule has 2 rings (SSSR count). The van der Waals surface area contributed by atoms with Crippen molar-refractivity contribution in [1.29, 1.82) is 0 Å². The van der Waals surface area contributed by atoms with E-state index in [1.165, 1.54) is 25.1 Å². The number of alkyl halides is 1. The average Bonchev–Trinajstić information content (AvgIpc) is 2.70. The molecule has 0 N–H and O–H groups in total. The number of benzene rings is 1. The molecule has 90 valence electrons. The van der Waals surface area contributed by atoms with Gasteiger partial charge in [0, 0.05) is 0 Å². The maximum atomic E-state index is 6.48. The van der Waals surface area contributed by atoms with Crippen LogP contribution in [0.2, 0.25) is 0 Å². The summed E-state index contributed by atoms with van der Waals surface area (Å²) in [7, 11) is 0. The van der Waals surface area contributed by atoms with Crippen molar-refractivity contribution in [2.45, 2.75) is 25.6 Å². The molecule has 0 amide bonds. The molecular formula is C14H14ClIS. The highest BCUT2D eigenvalue weighted by Gasteiger charge is 2.12. The lowest BCUT2D eigenvalue weighted by Crippen LogP contribution is -1.97. The highest BCUT2D eigenvalue weighted by molar-refractivity contribution is 14.1. The summed E-state index contributed by atoms with van der Waals surface area (Å²) in [5, 5.41) is 2.24. The van der Waals surface area contributed by atoms with Gasteiger partial charge in [0.15, 0.2) is 0 Å². The van der Waals surface area contributed by atoms with Gasteiger partial charge in [-0.05, 0) is 71.0 Å². The zero-order chi connectivity index (χ0) is 12.4. The largest absolute Gasteiger partial charge is 0.137 e. The summed E-state index contributed by atoms with van der Waals surface area (Å²) in [5.74, 6) is 0. The number of thiophene rings is 1. The third-order valence-corrected chi connectivity index (χ3v) is 5.07. The molecule has 2 aromatic rings. The van der Waals surface area contributed by atoms with Crippen LogP contribution in [0.4, 0.5) is 0 Å². The van der Waals surface area contributed by atoms with Crippen LogP contribution >= 0.6 is 45.5 Å². The van der Waals surface area contributed by atoms with E-state index < -0.39 is 0 Å². The molecule has 1 unspecified atom stereocenters. The van der Waals surface area contributed by atoms with E-state index in [9.17, 15) is 0 Å². The molecule has 0 aliphatic carbocycles. The van der Waals surface area contributed by atoms with Crippen LogP contribution in [0.1, 0.15) is 27.6 Å². The summed E-state index contributed by atoms with van der Waals surface area (Å²) in [5.41, 5.74) is 5.22. The second-order valence-electron chi connectivity index (χ2n) is 4.29. The molecule has 0 aliphatic rings. The fourth-order valence-corrected chi connectivity index (χ4v) is 3.61. The average molecular weight is 377 g/mol. The van der Waals surface area contributed by atoms with E-state index in [0.717, 1.165) is 6.42 Å². The van der Waals surface area contributed by atoms with E-state index in [4.69, 9.17) is 11.6 Å². The predicted octanol–water partition coefficient (Wildman–Crippen LogP) is 5.49. The van der Waals surface area contributed by atoms with Gasteiger partial charge in [0.2, 0.25) is 0 Å². The molecule has 0 fully saturated rings. The molecule has 0 bridgehead atoms. The van der Waals surface area contributed by atoms with E-state index in [0.29, 0.717) is 0 Å². The van der Waals surface area contributed by atoms with Crippen molar-refractivity contribution >= 4 is 45.5 Å². The third kappa shape index (κ3) is 3.46. The van der Waals surface area contributed by atoms with Crippen LogP contribution in [0.3, 0.4) is 0 Å². The van der Waals surface area contributed by atoms with Crippen LogP contribution in [0, 0.1) is 16.7 Å². The normalized spacial score (nSPS) is 12.7. The number of halogens is 2. The fraction of sp³-hybridized carbons (Fsp3) is 0.286. The minimum absolute atomic E-state index is 0.0789. The quantitative estimate of drug-likeness (QED) is 0.490. The van der Waals surface area contributed by atoms with Gasteiger partial charge in [-0.25, -0.2) is 0 Å². The Labute approximate surface area is 125 Å². The van der Waals surface area contributed by atoms with E-state index >= 15 is 0 Å². The van der Waals surface area contributed by atoms with Crippen molar-refractivity contribution in [1.82, 2.24) is 0 Å². The van der Waals surface area contributed by atoms with Crippen molar-refractivity contribution in [3.8, 4) is 0 Å². The smallest absolute Gasteiger partial charge is 0.0656 e. The molecule has 1 atom stereocenters. The zero-order valence-electron chi connectivity index (χ0n) is 9.84. The van der Waals surface area contributed by atoms with E-state index in [-0.39, 0.29) is 5.38 Å². The number of rotatable bonds is 3. The first kappa shape index (κ1) is 13.4. The molecule has 1 aromatic heterocycles. The first-order valence-corrected chi connectivity index (χ1v) is 7.90. The van der Waals surface area contributed by atoms with E-state index in [1.54, 1.807) is 11.3 Å². The molecule has 17 heavy (non-hydrogen) atoms. The van der Waals surface area contributed by atoms with Gasteiger partial charge in [0.25, 0.3) is 0 Å². The van der Waals surface area contributed by atoms with Crippen LogP contribution in [-0.4, -0.2) is 0 Å². The zero-order valence-corrected chi connectivity index (χ0v) is 13.6. The summed E-state index contributed by atoms with van der Waals surface area (Å²) in [6, 6.07) is 8.73. The summed E-state index contributed by atoms with van der Waals surface area (Å²) in [4.78, 5) is 0. The van der Waals surface area contributed by atoms with Gasteiger partial charge < -0.3 is 0 Å². The summed E-state index contributed by atoms with van der Waals surface area (Å²) in [6.45, 7) is 4.27. The van der Waals surface area contributed by atoms with Crippen molar-refractivity contribution < 1.29 is 0 Å². The topological polar surface area (TPSA) is 0 Å². The first-order valence-electron chi connectivity index (χ1n) is 5.50. The second kappa shape index (κ2) is 5.72. The van der Waals surface area contributed by atoms with Gasteiger partial charge in [-0.1, -0.05) is 23.8 Å². The van der Waals surface area contributed by atoms with Crippen LogP contribution in [0.25, 0.3) is 0 Å². The van der Waals surface area contributed by atoms with Crippen LogP contribution in [0.5, 0.6) is 0 Å². The molecule has 0 saturated heterocycles. The maximum absolute atomic E-state index is 6.48. The predicted molar refractivity (Wildman–Crippen MR) is 85.3 cm³/mol. The van der Waals surface area contributed by atoms with E-state index in [1.807, 2.05) is 0 Å². The lowest BCUT2D eigenvalue weighted by molar-refractivity contribution is 0.913. The lowest BCUT2D eigenvalue weighted by atomic mass is 9.99. The van der Waals surface area contributed by atoms with Crippen LogP contribution in [0.15, 0.2) is 29.6 Å². The Hall–Kier alpha value is -0.0600. The van der Waals surface area contributed by atoms with Crippen LogP contribution in [-0.2, 0) is 6.42 Å². The van der Waals surface area contributed by atoms with Crippen molar-refractivity contribution in [3.63, 3.8) is 0 Å². The maximum Gasteiger partial charge on any atom is 0.0656 e. The highest BCUT2D eigenvalue weighted by atomic mass is 127. The van der Waals surface area contributed by atoms with Crippen molar-refractivity contribution in [2.24, 2.45) is 0 Å². The van der Waals surface area contributed by atoms with Gasteiger partial charge in [0.1, 0.15) is 0 Å². The molecule has 1 aromatic carbocycles. The minimum atomic E-state index is 0.0789. The van der Waals surface area contributed by atoms with Gasteiger partial charge >= 0.3 is 0 Å². The standard InChI is InChI=1S/C14H14ClIS/c1-9-3-4-10(2)11(5-9)6-13(15)12-7-14(16)17-8-12/h3-5,7-8,13H,6H2,1-2H3. The number of hydrogen-bond acceptors (Lipinski definition) is 1. The molecule has 0 aliphatic heterocycles. The Bertz CT molecular complexity index is 519. The molecule has 3 heteroatoms. The Morgan fingerprint density at radius 3 is 2.71 bits per heavy atom. The fourth-order valence-electron chi connectivity index (χ4n) is 1.82. The Morgan fingerprint density at radius 1 is 1.29 bits per heavy atom. The number of hydrogen-bond donors (Lipinski definition) is 0. The van der Waals surface area contributed by atoms with Crippen LogP contribution < -0.4 is 0 Å². The van der Waals surface area contributed by atoms with Crippen molar-refractivity contribution in [3.05, 3.63) is 54.8 Å². The van der Waals surface area contributed by atoms with Gasteiger partial charge in [0.05, 0.1) is 8.26 Å². The monoisotopic (exact) mass is 376 g/mol. The van der Waals surface area contributed by atoms with Crippen molar-refractivity contribution in [2.75, 3.05) is 0 Å². The molecule has 0 nitrogen and oxygen atoms in total. The first-order chi connectivity index (χ1) is 8.06. The molecular weight excluding hydrogens is 363 g/mol. The molecule has 0 spiro atoms. The lowest BCUT2D eigenvalue weighted by Gasteiger charge is -2.11. The SMILES string of the molecule is Cc1ccc(C)c(CC(Cl)c2csc(I)c2)c1. The summed E-state index contributed by atoms with van der Waals surface area (Å²) >= 11 is 10.6. The summed E-state index contributed by atoms with van der Waals surface area (Å²) in [6.07, 6.45) is 0.905. The van der Waals surface area contributed by atoms with E-state index in [2.05, 4.69) is 66.1 Å². The Balaban J connectivity index is 2.18. The molecule has 0 saturated carbocycles. The third-order valence-electron chi connectivity index (χ3n) is 2.85. The summed E-state index contributed by atoms with van der Waals surface area (Å²) < 4.78 is 1.30. The highest BCUT2D eigenvalue weighted by Crippen LogP contribution is 2.30. The Kier molecular flexibility index (Phi) is 4.50. The Morgan fingerprint density at radius 2 is 2.06 bits per heavy atom. The molecule has 1 heterocycles. The second-order valence-corrected chi connectivity index (χ2v) is 7.62. The van der Waals surface area contributed by atoms with Gasteiger partial charge in [-0.3, -0.25) is 0 Å². The number of aryl methyl sites for hydroxylation is 2. The van der Waals surface area contributed by atoms with Gasteiger partial charge in [-0.15, -0.1) is 22.9 Å². The molecule has 0 radical (unpaired) electrons.